The molecule has 5 N–H and O–H groups in total. The average molecular weight is 651 g/mol. The van der Waals surface area contributed by atoms with Gasteiger partial charge in [0.1, 0.15) is 18.3 Å². The monoisotopic (exact) mass is 650 g/mol. The molecule has 3 aliphatic rings. The lowest BCUT2D eigenvalue weighted by molar-refractivity contribution is -0.143. The average Bonchev–Trinajstić information content (AvgIpc) is 3.80. The molecule has 0 aromatic carbocycles. The van der Waals surface area contributed by atoms with Crippen molar-refractivity contribution in [3.8, 4) is 0 Å². The maximum atomic E-state index is 13.4. The summed E-state index contributed by atoms with van der Waals surface area (Å²) in [5.74, 6) is -1.93. The van der Waals surface area contributed by atoms with Gasteiger partial charge in [0.25, 0.3) is 0 Å². The summed E-state index contributed by atoms with van der Waals surface area (Å²) in [4.78, 5) is 37.2. The van der Waals surface area contributed by atoms with Crippen molar-refractivity contribution in [2.45, 2.75) is 66.8 Å². The SMILES string of the molecule is C=Cc1c2[nH]c(c1C)/C=C1\NC(C3=c4[nH]c(c(C)c4=C(O)[C@@H]3C(=O)OC)/C=c3\[nH]/c(c(C)c3CC)=C\2)[C@@H](CCC(=O)OC/C=C\C)[C@@H]1C. The Kier molecular flexibility index (Phi) is 8.90. The van der Waals surface area contributed by atoms with E-state index >= 15 is 0 Å². The molecule has 9 nitrogen and oxygen atoms in total. The minimum Gasteiger partial charge on any atom is -0.510 e. The van der Waals surface area contributed by atoms with E-state index in [1.807, 2.05) is 26.0 Å². The third kappa shape index (κ3) is 5.35. The topological polar surface area (TPSA) is 132 Å². The zero-order valence-electron chi connectivity index (χ0n) is 28.9. The zero-order chi connectivity index (χ0) is 34.4. The molecule has 0 amide bonds. The molecule has 252 valence electrons. The number of aromatic nitrogens is 3. The number of aliphatic hydroxyl groups excluding tert-OH is 1. The van der Waals surface area contributed by atoms with Gasteiger partial charge >= 0.3 is 11.9 Å². The maximum absolute atomic E-state index is 13.4. The lowest BCUT2D eigenvalue weighted by Gasteiger charge is -2.26. The summed E-state index contributed by atoms with van der Waals surface area (Å²) in [5, 5.41) is 18.8. The zero-order valence-corrected chi connectivity index (χ0v) is 28.9. The fourth-order valence-corrected chi connectivity index (χ4v) is 7.87. The lowest BCUT2D eigenvalue weighted by Crippen LogP contribution is -2.38. The van der Waals surface area contributed by atoms with Crippen molar-refractivity contribution in [1.82, 2.24) is 20.3 Å². The summed E-state index contributed by atoms with van der Waals surface area (Å²) in [6, 6.07) is -0.383. The lowest BCUT2D eigenvalue weighted by atomic mass is 9.80. The number of esters is 2. The van der Waals surface area contributed by atoms with Gasteiger partial charge in [-0.1, -0.05) is 38.7 Å². The van der Waals surface area contributed by atoms with E-state index in [2.05, 4.69) is 72.8 Å². The van der Waals surface area contributed by atoms with Crippen LogP contribution in [0.5, 0.6) is 0 Å². The third-order valence-electron chi connectivity index (χ3n) is 10.6. The van der Waals surface area contributed by atoms with E-state index in [1.54, 1.807) is 6.08 Å². The molecule has 6 rings (SSSR count). The summed E-state index contributed by atoms with van der Waals surface area (Å²) >= 11 is 0. The molecule has 1 aliphatic carbocycles. The number of aliphatic hydroxyl groups is 1. The number of carbonyl (C=O) groups is 2. The van der Waals surface area contributed by atoms with Crippen LogP contribution in [0.1, 0.15) is 78.5 Å². The molecule has 3 aromatic heterocycles. The second-order valence-electron chi connectivity index (χ2n) is 13.1. The molecule has 0 spiro atoms. The van der Waals surface area contributed by atoms with Gasteiger partial charge in [0.2, 0.25) is 0 Å². The Hall–Kier alpha value is -4.92. The first-order chi connectivity index (χ1) is 23.0. The molecule has 48 heavy (non-hydrogen) atoms. The van der Waals surface area contributed by atoms with Crippen LogP contribution in [0.4, 0.5) is 0 Å². The molecule has 4 atom stereocenters. The number of ether oxygens (including phenoxy) is 2. The first-order valence-electron chi connectivity index (χ1n) is 16.8. The largest absolute Gasteiger partial charge is 0.510 e. The minimum absolute atomic E-state index is 0.0182. The number of rotatable bonds is 8. The molecule has 2 aliphatic heterocycles. The number of nitrogens with one attached hydrogen (secondary N) is 4. The molecular weight excluding hydrogens is 604 g/mol. The van der Waals surface area contributed by atoms with E-state index in [0.717, 1.165) is 62.2 Å². The molecule has 0 saturated carbocycles. The number of hydrogen-bond donors (Lipinski definition) is 5. The first kappa shape index (κ1) is 33.0. The second kappa shape index (κ2) is 12.9. The highest BCUT2D eigenvalue weighted by atomic mass is 16.5. The Morgan fingerprint density at radius 1 is 1.00 bits per heavy atom. The van der Waals surface area contributed by atoms with Crippen LogP contribution in [0, 0.1) is 38.5 Å². The van der Waals surface area contributed by atoms with E-state index in [0.29, 0.717) is 17.0 Å². The Balaban J connectivity index is 1.64. The summed E-state index contributed by atoms with van der Waals surface area (Å²) in [5.41, 5.74) is 9.75. The molecule has 1 unspecified atom stereocenters. The van der Waals surface area contributed by atoms with Crippen LogP contribution < -0.4 is 26.6 Å². The highest BCUT2D eigenvalue weighted by molar-refractivity contribution is 5.95. The smallest absolute Gasteiger partial charge is 0.320 e. The van der Waals surface area contributed by atoms with Gasteiger partial charge in [-0.25, -0.2) is 0 Å². The van der Waals surface area contributed by atoms with Crippen molar-refractivity contribution in [3.63, 3.8) is 0 Å². The molecular formula is C39H46N4O5. The summed E-state index contributed by atoms with van der Waals surface area (Å²) in [6.45, 7) is 16.7. The minimum atomic E-state index is -0.984. The third-order valence-corrected chi connectivity index (χ3v) is 10.6. The predicted molar refractivity (Wildman–Crippen MR) is 189 cm³/mol. The number of carbonyl (C=O) groups excluding carboxylic acids is 2. The molecule has 9 heteroatoms. The van der Waals surface area contributed by atoms with E-state index in [9.17, 15) is 14.7 Å². The van der Waals surface area contributed by atoms with Crippen LogP contribution in [0.15, 0.2) is 24.4 Å². The van der Waals surface area contributed by atoms with Gasteiger partial charge in [-0.3, -0.25) is 9.59 Å². The second-order valence-corrected chi connectivity index (χ2v) is 13.1. The Bertz CT molecular complexity index is 2140. The van der Waals surface area contributed by atoms with Crippen LogP contribution in [-0.2, 0) is 25.5 Å². The summed E-state index contributed by atoms with van der Waals surface area (Å²) < 4.78 is 10.7. The Morgan fingerprint density at radius 2 is 1.73 bits per heavy atom. The molecule has 1 saturated heterocycles. The number of hydrogen-bond acceptors (Lipinski definition) is 6. The number of methoxy groups -OCH3 is 1. The van der Waals surface area contributed by atoms with Gasteiger partial charge in [-0.15, -0.1) is 0 Å². The molecule has 3 aromatic rings. The van der Waals surface area contributed by atoms with Crippen LogP contribution in [-0.4, -0.2) is 51.8 Å². The van der Waals surface area contributed by atoms with Crippen LogP contribution in [0.3, 0.4) is 0 Å². The Labute approximate surface area is 280 Å². The van der Waals surface area contributed by atoms with E-state index in [4.69, 9.17) is 9.47 Å². The fraction of sp³-hybridized carbons (Fsp3) is 0.385. The van der Waals surface area contributed by atoms with E-state index < -0.39 is 11.9 Å². The van der Waals surface area contributed by atoms with Crippen molar-refractivity contribution >= 4 is 47.6 Å². The summed E-state index contributed by atoms with van der Waals surface area (Å²) in [7, 11) is 1.34. The van der Waals surface area contributed by atoms with Gasteiger partial charge in [0.15, 0.2) is 0 Å². The number of fused-ring (bicyclic) bond motifs is 8. The Morgan fingerprint density at radius 3 is 2.42 bits per heavy atom. The van der Waals surface area contributed by atoms with Gasteiger partial charge in [0, 0.05) is 56.6 Å². The van der Waals surface area contributed by atoms with Gasteiger partial charge in [-0.2, -0.15) is 0 Å². The summed E-state index contributed by atoms with van der Waals surface area (Å²) in [6.07, 6.45) is 13.5. The number of H-pyrrole nitrogens is 3. The molecule has 5 heterocycles. The number of allylic oxidation sites excluding steroid dienone is 2. The maximum Gasteiger partial charge on any atom is 0.320 e. The molecule has 8 bridgehead atoms. The first-order valence-corrected chi connectivity index (χ1v) is 16.8. The van der Waals surface area contributed by atoms with Crippen molar-refractivity contribution in [3.05, 3.63) is 90.6 Å². The predicted octanol–water partition coefficient (Wildman–Crippen LogP) is 3.56. The highest BCUT2D eigenvalue weighted by Gasteiger charge is 2.47. The van der Waals surface area contributed by atoms with Crippen LogP contribution in [0.25, 0.3) is 35.6 Å². The van der Waals surface area contributed by atoms with Crippen molar-refractivity contribution in [2.24, 2.45) is 17.8 Å². The fourth-order valence-electron chi connectivity index (χ4n) is 7.87. The van der Waals surface area contributed by atoms with Gasteiger partial charge in [-0.05, 0) is 92.5 Å². The van der Waals surface area contributed by atoms with E-state index in [-0.39, 0.29) is 42.6 Å². The van der Waals surface area contributed by atoms with E-state index in [1.165, 1.54) is 18.2 Å². The van der Waals surface area contributed by atoms with Crippen molar-refractivity contribution in [1.29, 1.82) is 0 Å². The molecule has 1 fully saturated rings. The van der Waals surface area contributed by atoms with Gasteiger partial charge < -0.3 is 34.8 Å². The van der Waals surface area contributed by atoms with Crippen LogP contribution in [0.2, 0.25) is 0 Å². The number of aromatic amines is 3. The standard InChI is InChI=1S/C39H46N4O5/c1-9-12-15-48-32(44)14-13-25-21(6)28-16-26-19(4)23(10-2)30(40-26)17-27-20(5)24(11-3)31(41-27)18-29-22(7)33-37(43-29)34(36(25)42-28)35(38(33)45)39(46)47-8/h9-10,12,16-18,21,25,35-36,40-43,45H,2,11,13-15H2,1,3-8H3/b12-9-,27-17-,28-16-,31-18-/t21-,25-,35+,36?/m0/s1. The normalized spacial score (nSPS) is 23.6. The molecule has 0 radical (unpaired) electrons. The van der Waals surface area contributed by atoms with Crippen molar-refractivity contribution in [2.75, 3.05) is 13.7 Å². The van der Waals surface area contributed by atoms with Crippen molar-refractivity contribution < 1.29 is 24.2 Å². The quantitative estimate of drug-likeness (QED) is 0.187. The van der Waals surface area contributed by atoms with Gasteiger partial charge in [0.05, 0.1) is 18.5 Å². The van der Waals surface area contributed by atoms with Crippen LogP contribution >= 0.6 is 0 Å². The highest BCUT2D eigenvalue weighted by Crippen LogP contribution is 2.42.